The normalized spacial score (nSPS) is 17.7. The Kier molecular flexibility index (Phi) is 3.43. The van der Waals surface area contributed by atoms with E-state index in [1.165, 1.54) is 18.7 Å². The van der Waals surface area contributed by atoms with Crippen LogP contribution < -0.4 is 5.73 Å². The van der Waals surface area contributed by atoms with Crippen LogP contribution in [0.5, 0.6) is 0 Å². The summed E-state index contributed by atoms with van der Waals surface area (Å²) in [4.78, 5) is 4.77. The van der Waals surface area contributed by atoms with E-state index in [9.17, 15) is 0 Å². The van der Waals surface area contributed by atoms with E-state index in [1.54, 1.807) is 7.11 Å². The van der Waals surface area contributed by atoms with Crippen LogP contribution in [-0.4, -0.2) is 23.3 Å². The quantitative estimate of drug-likeness (QED) is 0.856. The molecule has 17 heavy (non-hydrogen) atoms. The highest BCUT2D eigenvalue weighted by molar-refractivity contribution is 5.42. The topological polar surface area (TPSA) is 53.1 Å². The number of ether oxygens (including phenoxy) is 1. The van der Waals surface area contributed by atoms with Crippen molar-refractivity contribution < 1.29 is 4.74 Å². The lowest BCUT2D eigenvalue weighted by Gasteiger charge is -2.14. The maximum absolute atomic E-state index is 6.25. The number of aromatic nitrogens is 2. The number of nitrogens with zero attached hydrogens (tertiary/aromatic N) is 2. The molecule has 1 fully saturated rings. The van der Waals surface area contributed by atoms with Crippen molar-refractivity contribution in [1.29, 1.82) is 0 Å². The summed E-state index contributed by atoms with van der Waals surface area (Å²) >= 11 is 0. The number of rotatable bonds is 5. The second kappa shape index (κ2) is 4.69. The smallest absolute Gasteiger partial charge is 0.127 e. The molecular weight excluding hydrogens is 214 g/mol. The molecule has 1 saturated carbocycles. The molecule has 0 bridgehead atoms. The average molecular weight is 237 g/mol. The molecule has 1 aromatic rings. The Balaban J connectivity index is 2.37. The van der Waals surface area contributed by atoms with Crippen LogP contribution in [0.15, 0.2) is 0 Å². The van der Waals surface area contributed by atoms with E-state index in [4.69, 9.17) is 15.5 Å². The van der Waals surface area contributed by atoms with Gasteiger partial charge in [0.2, 0.25) is 0 Å². The summed E-state index contributed by atoms with van der Waals surface area (Å²) in [6.07, 6.45) is 2.50. The Labute approximate surface area is 103 Å². The predicted molar refractivity (Wildman–Crippen MR) is 69.3 cm³/mol. The van der Waals surface area contributed by atoms with Crippen LogP contribution >= 0.6 is 0 Å². The molecule has 0 amide bonds. The highest BCUT2D eigenvalue weighted by Crippen LogP contribution is 2.42. The lowest BCUT2D eigenvalue weighted by Crippen LogP contribution is -2.10. The molecule has 4 heteroatoms. The second-order valence-electron chi connectivity index (χ2n) is 5.33. The van der Waals surface area contributed by atoms with Crippen LogP contribution in [0.4, 0.5) is 5.82 Å². The first-order chi connectivity index (χ1) is 8.06. The van der Waals surface area contributed by atoms with Crippen molar-refractivity contribution in [2.75, 3.05) is 19.5 Å². The predicted octanol–water partition coefficient (Wildman–Crippen LogP) is 2.67. The van der Waals surface area contributed by atoms with Crippen LogP contribution in [0.1, 0.15) is 63.0 Å². The van der Waals surface area contributed by atoms with Crippen molar-refractivity contribution in [3.05, 3.63) is 11.5 Å². The molecule has 0 aliphatic heterocycles. The van der Waals surface area contributed by atoms with E-state index >= 15 is 0 Å². The van der Waals surface area contributed by atoms with Crippen molar-refractivity contribution >= 4 is 5.82 Å². The van der Waals surface area contributed by atoms with Crippen LogP contribution in [0.25, 0.3) is 0 Å². The third-order valence-corrected chi connectivity index (χ3v) is 3.35. The molecule has 1 aliphatic carbocycles. The van der Waals surface area contributed by atoms with Crippen LogP contribution in [0.2, 0.25) is 0 Å². The van der Waals surface area contributed by atoms with Gasteiger partial charge >= 0.3 is 0 Å². The standard InChI is InChI=1S/C13H23N3O/c1-8(2)16-12(14)11(9(3)7-17-4)15-13(16)10-5-6-10/h8-10H,5-7,14H2,1-4H3. The molecule has 1 aromatic heterocycles. The van der Waals surface area contributed by atoms with Gasteiger partial charge in [-0.15, -0.1) is 0 Å². The third-order valence-electron chi connectivity index (χ3n) is 3.35. The third kappa shape index (κ3) is 2.32. The van der Waals surface area contributed by atoms with E-state index in [2.05, 4.69) is 25.3 Å². The molecule has 1 atom stereocenters. The largest absolute Gasteiger partial charge is 0.384 e. The van der Waals surface area contributed by atoms with Gasteiger partial charge in [-0.25, -0.2) is 4.98 Å². The summed E-state index contributed by atoms with van der Waals surface area (Å²) in [6.45, 7) is 7.11. The number of hydrogen-bond acceptors (Lipinski definition) is 3. The fourth-order valence-corrected chi connectivity index (χ4v) is 2.35. The summed E-state index contributed by atoms with van der Waals surface area (Å²) in [7, 11) is 1.72. The Bertz CT molecular complexity index is 394. The van der Waals surface area contributed by atoms with Gasteiger partial charge in [-0.1, -0.05) is 6.92 Å². The highest BCUT2D eigenvalue weighted by atomic mass is 16.5. The Morgan fingerprint density at radius 2 is 2.06 bits per heavy atom. The molecule has 1 unspecified atom stereocenters. The van der Waals surface area contributed by atoms with Gasteiger partial charge in [0.1, 0.15) is 11.6 Å². The summed E-state index contributed by atoms with van der Waals surface area (Å²) in [5, 5.41) is 0. The Morgan fingerprint density at radius 3 is 2.53 bits per heavy atom. The molecule has 2 rings (SSSR count). The number of hydrogen-bond donors (Lipinski definition) is 1. The maximum atomic E-state index is 6.25. The Hall–Kier alpha value is -1.03. The summed E-state index contributed by atoms with van der Waals surface area (Å²) in [6, 6.07) is 0.376. The number of nitrogens with two attached hydrogens (primary N) is 1. The van der Waals surface area contributed by atoms with Gasteiger partial charge in [0, 0.05) is 25.0 Å². The minimum absolute atomic E-state index is 0.262. The monoisotopic (exact) mass is 237 g/mol. The summed E-state index contributed by atoms with van der Waals surface area (Å²) in [5.41, 5.74) is 7.25. The minimum Gasteiger partial charge on any atom is -0.384 e. The summed E-state index contributed by atoms with van der Waals surface area (Å²) < 4.78 is 7.39. The summed E-state index contributed by atoms with van der Waals surface area (Å²) in [5.74, 6) is 2.89. The minimum atomic E-state index is 0.262. The molecule has 1 aliphatic rings. The second-order valence-corrected chi connectivity index (χ2v) is 5.33. The molecular formula is C13H23N3O. The number of imidazole rings is 1. The fraction of sp³-hybridized carbons (Fsp3) is 0.769. The van der Waals surface area contributed by atoms with Crippen molar-refractivity contribution in [1.82, 2.24) is 9.55 Å². The molecule has 0 spiro atoms. The van der Waals surface area contributed by atoms with Gasteiger partial charge in [0.05, 0.1) is 12.3 Å². The first-order valence-electron chi connectivity index (χ1n) is 6.42. The molecule has 0 aromatic carbocycles. The molecule has 0 saturated heterocycles. The van der Waals surface area contributed by atoms with E-state index in [0.717, 1.165) is 11.5 Å². The van der Waals surface area contributed by atoms with Gasteiger partial charge in [-0.05, 0) is 26.7 Å². The van der Waals surface area contributed by atoms with E-state index in [1.807, 2.05) is 0 Å². The molecule has 1 heterocycles. The van der Waals surface area contributed by atoms with Gasteiger partial charge in [-0.2, -0.15) is 0 Å². The zero-order valence-electron chi connectivity index (χ0n) is 11.2. The number of nitrogen functional groups attached to an aromatic ring is 1. The SMILES string of the molecule is COCC(C)c1nc(C2CC2)n(C(C)C)c1N. The van der Waals surface area contributed by atoms with Gasteiger partial charge in [0.25, 0.3) is 0 Å². The molecule has 0 radical (unpaired) electrons. The zero-order chi connectivity index (χ0) is 12.6. The highest BCUT2D eigenvalue weighted by Gasteiger charge is 2.32. The molecule has 96 valence electrons. The van der Waals surface area contributed by atoms with Crippen molar-refractivity contribution in [2.24, 2.45) is 0 Å². The first kappa shape index (κ1) is 12.4. The van der Waals surface area contributed by atoms with Gasteiger partial charge < -0.3 is 15.0 Å². The first-order valence-corrected chi connectivity index (χ1v) is 6.42. The van der Waals surface area contributed by atoms with Crippen LogP contribution in [0, 0.1) is 0 Å². The van der Waals surface area contributed by atoms with Crippen molar-refractivity contribution in [3.63, 3.8) is 0 Å². The fourth-order valence-electron chi connectivity index (χ4n) is 2.35. The number of anilines is 1. The van der Waals surface area contributed by atoms with Gasteiger partial charge in [-0.3, -0.25) is 0 Å². The van der Waals surface area contributed by atoms with Crippen LogP contribution in [-0.2, 0) is 4.74 Å². The van der Waals surface area contributed by atoms with Crippen molar-refractivity contribution in [2.45, 2.75) is 51.5 Å². The average Bonchev–Trinajstić information content (AvgIpc) is 3.02. The molecule has 4 nitrogen and oxygen atoms in total. The van der Waals surface area contributed by atoms with Gasteiger partial charge in [0.15, 0.2) is 0 Å². The molecule has 2 N–H and O–H groups in total. The van der Waals surface area contributed by atoms with E-state index in [-0.39, 0.29) is 5.92 Å². The maximum Gasteiger partial charge on any atom is 0.127 e. The lowest BCUT2D eigenvalue weighted by molar-refractivity contribution is 0.183. The Morgan fingerprint density at radius 1 is 1.41 bits per heavy atom. The number of methoxy groups -OCH3 is 1. The van der Waals surface area contributed by atoms with E-state index < -0.39 is 0 Å². The zero-order valence-corrected chi connectivity index (χ0v) is 11.2. The van der Waals surface area contributed by atoms with Crippen molar-refractivity contribution in [3.8, 4) is 0 Å². The van der Waals surface area contributed by atoms with E-state index in [0.29, 0.717) is 18.6 Å². The van der Waals surface area contributed by atoms with Crippen LogP contribution in [0.3, 0.4) is 0 Å². The lowest BCUT2D eigenvalue weighted by atomic mass is 10.1.